The van der Waals surface area contributed by atoms with Crippen molar-refractivity contribution >= 4 is 10.9 Å². The number of aromatic nitrogens is 2. The predicted octanol–water partition coefficient (Wildman–Crippen LogP) is 3.94. The normalized spacial score (nSPS) is 12.0. The molecule has 0 spiro atoms. The first kappa shape index (κ1) is 15.6. The number of benzene rings is 1. The van der Waals surface area contributed by atoms with E-state index in [9.17, 15) is 13.2 Å². The average molecular weight is 319 g/mol. The Morgan fingerprint density at radius 3 is 2.61 bits per heavy atom. The Bertz CT molecular complexity index is 821. The fourth-order valence-corrected chi connectivity index (χ4v) is 2.73. The van der Waals surface area contributed by atoms with Gasteiger partial charge < -0.3 is 10.3 Å². The van der Waals surface area contributed by atoms with Crippen LogP contribution in [0.3, 0.4) is 0 Å². The molecule has 0 fully saturated rings. The quantitative estimate of drug-likeness (QED) is 0.791. The van der Waals surface area contributed by atoms with Crippen LogP contribution in [-0.2, 0) is 12.6 Å². The van der Waals surface area contributed by atoms with E-state index in [0.717, 1.165) is 29.9 Å². The average Bonchev–Trinajstić information content (AvgIpc) is 2.91. The summed E-state index contributed by atoms with van der Waals surface area (Å²) < 4.78 is 41.3. The van der Waals surface area contributed by atoms with Crippen LogP contribution in [-0.4, -0.2) is 16.1 Å². The van der Waals surface area contributed by atoms with Gasteiger partial charge in [-0.05, 0) is 43.1 Å². The topological polar surface area (TPSA) is 43.8 Å². The third-order valence-electron chi connectivity index (χ3n) is 3.76. The number of fused-ring (bicyclic) bond motifs is 1. The molecule has 1 aromatic carbocycles. The van der Waals surface area contributed by atoms with Gasteiger partial charge in [-0.25, -0.2) is 4.98 Å². The molecule has 3 rings (SSSR count). The summed E-state index contributed by atoms with van der Waals surface area (Å²) in [6.45, 7) is 0.539. The second-order valence-electron chi connectivity index (χ2n) is 5.31. The van der Waals surface area contributed by atoms with Crippen LogP contribution in [0.4, 0.5) is 13.2 Å². The lowest BCUT2D eigenvalue weighted by Crippen LogP contribution is -2.11. The molecule has 0 radical (unpaired) electrons. The van der Waals surface area contributed by atoms with Crippen molar-refractivity contribution in [1.29, 1.82) is 0 Å². The Kier molecular flexibility index (Phi) is 4.09. The van der Waals surface area contributed by atoms with Gasteiger partial charge in [-0.1, -0.05) is 18.2 Å². The van der Waals surface area contributed by atoms with Crippen molar-refractivity contribution in [3.8, 4) is 5.82 Å². The summed E-state index contributed by atoms with van der Waals surface area (Å²) in [4.78, 5) is 3.98. The van der Waals surface area contributed by atoms with Crippen LogP contribution in [0.2, 0.25) is 0 Å². The minimum Gasteiger partial charge on any atom is -0.330 e. The van der Waals surface area contributed by atoms with Gasteiger partial charge in [0.15, 0.2) is 0 Å². The molecule has 0 unspecified atom stereocenters. The highest BCUT2D eigenvalue weighted by molar-refractivity contribution is 5.85. The van der Waals surface area contributed by atoms with Gasteiger partial charge in [0.2, 0.25) is 0 Å². The molecule has 3 aromatic rings. The van der Waals surface area contributed by atoms with E-state index in [2.05, 4.69) is 4.98 Å². The van der Waals surface area contributed by atoms with Crippen molar-refractivity contribution in [2.24, 2.45) is 5.73 Å². The summed E-state index contributed by atoms with van der Waals surface area (Å²) >= 11 is 0. The molecule has 0 aliphatic rings. The number of alkyl halides is 3. The highest BCUT2D eigenvalue weighted by Gasteiger charge is 2.35. The summed E-state index contributed by atoms with van der Waals surface area (Å²) in [5.74, 6) is -0.102. The smallest absolute Gasteiger partial charge is 0.330 e. The van der Waals surface area contributed by atoms with Crippen LogP contribution < -0.4 is 5.73 Å². The molecule has 0 aliphatic carbocycles. The van der Waals surface area contributed by atoms with E-state index in [4.69, 9.17) is 5.73 Å². The molecule has 2 heterocycles. The lowest BCUT2D eigenvalue weighted by molar-refractivity contribution is -0.137. The van der Waals surface area contributed by atoms with E-state index in [-0.39, 0.29) is 5.82 Å². The maximum Gasteiger partial charge on any atom is 0.419 e. The monoisotopic (exact) mass is 319 g/mol. The Hall–Kier alpha value is -2.34. The minimum absolute atomic E-state index is 0.102. The summed E-state index contributed by atoms with van der Waals surface area (Å²) in [6, 6.07) is 9.75. The third kappa shape index (κ3) is 2.94. The molecule has 3 nitrogen and oxygen atoms in total. The molecule has 0 atom stereocenters. The van der Waals surface area contributed by atoms with Gasteiger partial charge in [-0.15, -0.1) is 0 Å². The molecule has 0 saturated heterocycles. The Morgan fingerprint density at radius 2 is 1.87 bits per heavy atom. The van der Waals surface area contributed by atoms with Crippen LogP contribution in [0.15, 0.2) is 48.8 Å². The molecule has 0 saturated carbocycles. The molecule has 0 amide bonds. The van der Waals surface area contributed by atoms with Crippen molar-refractivity contribution in [1.82, 2.24) is 9.55 Å². The molecule has 6 heteroatoms. The number of nitrogens with zero attached hydrogens (tertiary/aromatic N) is 2. The number of nitrogens with two attached hydrogens (primary N) is 1. The van der Waals surface area contributed by atoms with Crippen LogP contribution in [0, 0.1) is 0 Å². The molecule has 120 valence electrons. The van der Waals surface area contributed by atoms with E-state index in [1.807, 2.05) is 18.2 Å². The Morgan fingerprint density at radius 1 is 1.09 bits per heavy atom. The van der Waals surface area contributed by atoms with E-state index >= 15 is 0 Å². The lowest BCUT2D eigenvalue weighted by Gasteiger charge is -2.13. The zero-order chi connectivity index (χ0) is 16.4. The molecular formula is C17H16F3N3. The maximum absolute atomic E-state index is 13.3. The zero-order valence-electron chi connectivity index (χ0n) is 12.3. The summed E-state index contributed by atoms with van der Waals surface area (Å²) in [5.41, 5.74) is 6.50. The lowest BCUT2D eigenvalue weighted by atomic mass is 10.1. The van der Waals surface area contributed by atoms with Gasteiger partial charge in [0, 0.05) is 17.8 Å². The van der Waals surface area contributed by atoms with Crippen molar-refractivity contribution < 1.29 is 13.2 Å². The highest BCUT2D eigenvalue weighted by Crippen LogP contribution is 2.35. The number of aryl methyl sites for hydroxylation is 1. The predicted molar refractivity (Wildman–Crippen MR) is 83.4 cm³/mol. The van der Waals surface area contributed by atoms with Crippen molar-refractivity contribution in [2.45, 2.75) is 19.0 Å². The number of halogens is 3. The fraction of sp³-hybridized carbons (Fsp3) is 0.235. The van der Waals surface area contributed by atoms with Gasteiger partial charge in [0.25, 0.3) is 0 Å². The van der Waals surface area contributed by atoms with Gasteiger partial charge in [0.05, 0.1) is 11.1 Å². The molecule has 2 N–H and O–H groups in total. The molecule has 2 aromatic heterocycles. The number of hydrogen-bond acceptors (Lipinski definition) is 2. The van der Waals surface area contributed by atoms with Gasteiger partial charge >= 0.3 is 6.18 Å². The van der Waals surface area contributed by atoms with E-state index in [1.54, 1.807) is 12.3 Å². The van der Waals surface area contributed by atoms with Crippen LogP contribution in [0.1, 0.15) is 17.5 Å². The first-order valence-electron chi connectivity index (χ1n) is 7.34. The first-order valence-corrected chi connectivity index (χ1v) is 7.34. The zero-order valence-corrected chi connectivity index (χ0v) is 12.3. The second kappa shape index (κ2) is 6.04. The number of para-hydroxylation sites is 1. The van der Waals surface area contributed by atoms with E-state index < -0.39 is 11.7 Å². The first-order chi connectivity index (χ1) is 11.0. The number of pyridine rings is 1. The van der Waals surface area contributed by atoms with Gasteiger partial charge in [-0.3, -0.25) is 0 Å². The highest BCUT2D eigenvalue weighted by atomic mass is 19.4. The van der Waals surface area contributed by atoms with Crippen LogP contribution in [0.25, 0.3) is 16.7 Å². The summed E-state index contributed by atoms with van der Waals surface area (Å²) in [5, 5.41) is 0.930. The number of hydrogen-bond donors (Lipinski definition) is 1. The van der Waals surface area contributed by atoms with Crippen LogP contribution >= 0.6 is 0 Å². The Labute approximate surface area is 131 Å². The second-order valence-corrected chi connectivity index (χ2v) is 5.31. The van der Waals surface area contributed by atoms with Crippen molar-refractivity contribution in [3.63, 3.8) is 0 Å². The third-order valence-corrected chi connectivity index (χ3v) is 3.76. The van der Waals surface area contributed by atoms with Crippen molar-refractivity contribution in [2.75, 3.05) is 6.54 Å². The van der Waals surface area contributed by atoms with Gasteiger partial charge in [0.1, 0.15) is 5.82 Å². The van der Waals surface area contributed by atoms with E-state index in [1.165, 1.54) is 16.8 Å². The fourth-order valence-electron chi connectivity index (χ4n) is 2.73. The minimum atomic E-state index is -4.45. The maximum atomic E-state index is 13.3. The molecule has 0 bridgehead atoms. The van der Waals surface area contributed by atoms with Crippen molar-refractivity contribution in [3.05, 3.63) is 59.9 Å². The number of rotatable bonds is 4. The Balaban J connectivity index is 2.22. The SMILES string of the molecule is NCCCc1cn(-c2ncccc2C(F)(F)F)c2ccccc12. The largest absolute Gasteiger partial charge is 0.419 e. The molecule has 0 aliphatic heterocycles. The molecule has 23 heavy (non-hydrogen) atoms. The summed E-state index contributed by atoms with van der Waals surface area (Å²) in [7, 11) is 0. The van der Waals surface area contributed by atoms with Gasteiger partial charge in [-0.2, -0.15) is 13.2 Å². The standard InChI is InChI=1S/C17H16F3N3/c18-17(19,20)14-7-4-10-22-16(14)23-11-12(5-3-9-21)13-6-1-2-8-15(13)23/h1-2,4,6-8,10-11H,3,5,9,21H2. The van der Waals surface area contributed by atoms with E-state index in [0.29, 0.717) is 12.1 Å². The molecular weight excluding hydrogens is 303 g/mol. The van der Waals surface area contributed by atoms with Crippen LogP contribution in [0.5, 0.6) is 0 Å². The summed E-state index contributed by atoms with van der Waals surface area (Å²) in [6.07, 6.45) is 0.156.